The van der Waals surface area contributed by atoms with Gasteiger partial charge in [-0.15, -0.1) is 11.3 Å². The van der Waals surface area contributed by atoms with Gasteiger partial charge in [-0.05, 0) is 36.6 Å². The minimum atomic E-state index is 0.764. The third-order valence-corrected chi connectivity index (χ3v) is 4.64. The van der Waals surface area contributed by atoms with Gasteiger partial charge in [0.25, 0.3) is 0 Å². The predicted octanol–water partition coefficient (Wildman–Crippen LogP) is 3.23. The highest BCUT2D eigenvalue weighted by molar-refractivity contribution is 7.09. The molecule has 112 valence electrons. The largest absolute Gasteiger partial charge is 0.357 e. The monoisotopic (exact) mass is 293 g/mol. The molecule has 2 rings (SSSR count). The molecule has 2 unspecified atom stereocenters. The smallest absolute Gasteiger partial charge is 0.193 e. The van der Waals surface area contributed by atoms with Gasteiger partial charge in [-0.2, -0.15) is 0 Å². The van der Waals surface area contributed by atoms with E-state index in [-0.39, 0.29) is 0 Å². The van der Waals surface area contributed by atoms with Crippen LogP contribution in [-0.4, -0.2) is 37.0 Å². The summed E-state index contributed by atoms with van der Waals surface area (Å²) in [6.45, 7) is 10.9. The van der Waals surface area contributed by atoms with Crippen molar-refractivity contribution in [1.29, 1.82) is 0 Å². The van der Waals surface area contributed by atoms with Gasteiger partial charge in [-0.25, -0.2) is 0 Å². The van der Waals surface area contributed by atoms with Crippen LogP contribution >= 0.6 is 11.3 Å². The first kappa shape index (κ1) is 15.4. The molecule has 0 aromatic carbocycles. The Bertz CT molecular complexity index is 403. The molecular weight excluding hydrogens is 266 g/mol. The second-order valence-electron chi connectivity index (χ2n) is 5.92. The first-order chi connectivity index (χ1) is 9.69. The summed E-state index contributed by atoms with van der Waals surface area (Å²) < 4.78 is 0. The number of nitrogens with one attached hydrogen (secondary N) is 1. The summed E-state index contributed by atoms with van der Waals surface area (Å²) in [5, 5.41) is 5.59. The fourth-order valence-corrected chi connectivity index (χ4v) is 3.69. The van der Waals surface area contributed by atoms with Crippen molar-refractivity contribution >= 4 is 17.3 Å². The van der Waals surface area contributed by atoms with E-state index in [4.69, 9.17) is 4.99 Å². The summed E-state index contributed by atoms with van der Waals surface area (Å²) in [5.74, 6) is 2.63. The zero-order valence-corrected chi connectivity index (χ0v) is 13.7. The molecule has 0 spiro atoms. The van der Waals surface area contributed by atoms with Crippen LogP contribution in [0.4, 0.5) is 0 Å². The van der Waals surface area contributed by atoms with Crippen molar-refractivity contribution in [2.75, 3.05) is 26.2 Å². The van der Waals surface area contributed by atoms with Crippen LogP contribution in [0.5, 0.6) is 0 Å². The standard InChI is InChI=1S/C16H27N3S/c1-4-17-16(18-8-7-15-6-5-9-20-15)19-11-13(2)10-14(3)12-19/h5-6,9,13-14H,4,7-8,10-12H2,1-3H3,(H,17,18). The fraction of sp³-hybridized carbons (Fsp3) is 0.688. The van der Waals surface area contributed by atoms with Crippen molar-refractivity contribution in [3.63, 3.8) is 0 Å². The van der Waals surface area contributed by atoms with E-state index >= 15 is 0 Å². The molecule has 0 aliphatic carbocycles. The van der Waals surface area contributed by atoms with Crippen LogP contribution in [0, 0.1) is 11.8 Å². The Kier molecular flexibility index (Phi) is 5.89. The fourth-order valence-electron chi connectivity index (χ4n) is 2.99. The summed E-state index contributed by atoms with van der Waals surface area (Å²) in [4.78, 5) is 8.68. The quantitative estimate of drug-likeness (QED) is 0.682. The maximum Gasteiger partial charge on any atom is 0.193 e. The Balaban J connectivity index is 1.94. The lowest BCUT2D eigenvalue weighted by Gasteiger charge is -2.37. The first-order valence-corrected chi connectivity index (χ1v) is 8.62. The minimum absolute atomic E-state index is 0.764. The average Bonchev–Trinajstić information content (AvgIpc) is 2.89. The number of hydrogen-bond acceptors (Lipinski definition) is 2. The topological polar surface area (TPSA) is 27.6 Å². The summed E-state index contributed by atoms with van der Waals surface area (Å²) in [7, 11) is 0. The van der Waals surface area contributed by atoms with Gasteiger partial charge >= 0.3 is 0 Å². The highest BCUT2D eigenvalue weighted by Gasteiger charge is 2.23. The SMILES string of the molecule is CCNC(=NCCc1cccs1)N1CC(C)CC(C)C1. The first-order valence-electron chi connectivity index (χ1n) is 7.74. The van der Waals surface area contributed by atoms with Crippen molar-refractivity contribution in [2.24, 2.45) is 16.8 Å². The molecule has 2 atom stereocenters. The van der Waals surface area contributed by atoms with Crippen molar-refractivity contribution in [2.45, 2.75) is 33.6 Å². The number of thiophene rings is 1. The van der Waals surface area contributed by atoms with E-state index in [0.29, 0.717) is 0 Å². The van der Waals surface area contributed by atoms with Crippen LogP contribution in [0.15, 0.2) is 22.5 Å². The molecular formula is C16H27N3S. The number of guanidine groups is 1. The molecule has 3 nitrogen and oxygen atoms in total. The van der Waals surface area contributed by atoms with Crippen LogP contribution in [0.3, 0.4) is 0 Å². The van der Waals surface area contributed by atoms with Crippen molar-refractivity contribution in [1.82, 2.24) is 10.2 Å². The van der Waals surface area contributed by atoms with E-state index < -0.39 is 0 Å². The van der Waals surface area contributed by atoms with Gasteiger partial charge in [0.15, 0.2) is 5.96 Å². The highest BCUT2D eigenvalue weighted by atomic mass is 32.1. The number of nitrogens with zero attached hydrogens (tertiary/aromatic N) is 2. The lowest BCUT2D eigenvalue weighted by atomic mass is 9.92. The van der Waals surface area contributed by atoms with Gasteiger partial charge in [0.1, 0.15) is 0 Å². The van der Waals surface area contributed by atoms with Gasteiger partial charge in [0.05, 0.1) is 0 Å². The van der Waals surface area contributed by atoms with Crippen molar-refractivity contribution < 1.29 is 0 Å². The van der Waals surface area contributed by atoms with Gasteiger partial charge in [-0.3, -0.25) is 4.99 Å². The van der Waals surface area contributed by atoms with Gasteiger partial charge in [-0.1, -0.05) is 19.9 Å². The van der Waals surface area contributed by atoms with Gasteiger partial charge in [0.2, 0.25) is 0 Å². The molecule has 1 aliphatic heterocycles. The Hall–Kier alpha value is -1.03. The molecule has 0 radical (unpaired) electrons. The molecule has 0 amide bonds. The average molecular weight is 293 g/mol. The zero-order valence-electron chi connectivity index (χ0n) is 12.9. The normalized spacial score (nSPS) is 23.9. The molecule has 1 aromatic heterocycles. The molecule has 0 bridgehead atoms. The van der Waals surface area contributed by atoms with E-state index in [1.807, 2.05) is 11.3 Å². The summed E-state index contributed by atoms with van der Waals surface area (Å²) in [5.41, 5.74) is 0. The molecule has 1 N–H and O–H groups in total. The van der Waals surface area contributed by atoms with Crippen molar-refractivity contribution in [3.05, 3.63) is 22.4 Å². The Morgan fingerprint density at radius 2 is 2.15 bits per heavy atom. The molecule has 1 saturated heterocycles. The van der Waals surface area contributed by atoms with E-state index in [1.54, 1.807) is 0 Å². The van der Waals surface area contributed by atoms with Crippen molar-refractivity contribution in [3.8, 4) is 0 Å². The summed E-state index contributed by atoms with van der Waals surface area (Å²) in [6, 6.07) is 4.31. The zero-order chi connectivity index (χ0) is 14.4. The van der Waals surface area contributed by atoms with E-state index in [2.05, 4.69) is 48.5 Å². The third kappa shape index (κ3) is 4.51. The second-order valence-corrected chi connectivity index (χ2v) is 6.95. The van der Waals surface area contributed by atoms with Gasteiger partial charge < -0.3 is 10.2 Å². The summed E-state index contributed by atoms with van der Waals surface area (Å²) >= 11 is 1.82. The van der Waals surface area contributed by atoms with E-state index in [1.165, 1.54) is 11.3 Å². The lowest BCUT2D eigenvalue weighted by Crippen LogP contribution is -2.48. The molecule has 1 fully saturated rings. The van der Waals surface area contributed by atoms with E-state index in [9.17, 15) is 0 Å². The Morgan fingerprint density at radius 3 is 2.75 bits per heavy atom. The van der Waals surface area contributed by atoms with Crippen LogP contribution in [-0.2, 0) is 6.42 Å². The number of rotatable bonds is 4. The van der Waals surface area contributed by atoms with Gasteiger partial charge in [0, 0.05) is 37.5 Å². The number of piperidine rings is 1. The minimum Gasteiger partial charge on any atom is -0.357 e. The van der Waals surface area contributed by atoms with Crippen LogP contribution < -0.4 is 5.32 Å². The molecule has 0 saturated carbocycles. The van der Waals surface area contributed by atoms with Crippen LogP contribution in [0.1, 0.15) is 32.1 Å². The highest BCUT2D eigenvalue weighted by Crippen LogP contribution is 2.21. The molecule has 20 heavy (non-hydrogen) atoms. The Morgan fingerprint density at radius 1 is 1.40 bits per heavy atom. The maximum atomic E-state index is 4.82. The van der Waals surface area contributed by atoms with Crippen LogP contribution in [0.25, 0.3) is 0 Å². The maximum absolute atomic E-state index is 4.82. The second kappa shape index (κ2) is 7.67. The number of likely N-dealkylation sites (tertiary alicyclic amines) is 1. The van der Waals surface area contributed by atoms with E-state index in [0.717, 1.165) is 50.4 Å². The molecule has 1 aromatic rings. The predicted molar refractivity (Wildman–Crippen MR) is 88.5 cm³/mol. The third-order valence-electron chi connectivity index (χ3n) is 3.70. The Labute approximate surface area is 127 Å². The molecule has 1 aliphatic rings. The molecule has 2 heterocycles. The van der Waals surface area contributed by atoms with Crippen LogP contribution in [0.2, 0.25) is 0 Å². The number of aliphatic imine (C=N–C) groups is 1. The number of hydrogen-bond donors (Lipinski definition) is 1. The summed E-state index contributed by atoms with van der Waals surface area (Å²) in [6.07, 6.45) is 2.39. The lowest BCUT2D eigenvalue weighted by molar-refractivity contribution is 0.208. The molecule has 4 heteroatoms.